The monoisotopic (exact) mass is 288 g/mol. The lowest BCUT2D eigenvalue weighted by Gasteiger charge is -2.35. The van der Waals surface area contributed by atoms with Gasteiger partial charge in [0.1, 0.15) is 5.82 Å². The molecule has 5 nitrogen and oxygen atoms in total. The predicted octanol–water partition coefficient (Wildman–Crippen LogP) is 0.965. The first-order chi connectivity index (χ1) is 9.07. The van der Waals surface area contributed by atoms with E-state index in [1.807, 2.05) is 0 Å². The van der Waals surface area contributed by atoms with Gasteiger partial charge in [0.2, 0.25) is 0 Å². The van der Waals surface area contributed by atoms with Crippen molar-refractivity contribution in [2.24, 2.45) is 0 Å². The van der Waals surface area contributed by atoms with E-state index in [0.717, 1.165) is 4.31 Å². The van der Waals surface area contributed by atoms with Gasteiger partial charge < -0.3 is 5.11 Å². The Morgan fingerprint density at radius 2 is 2.00 bits per heavy atom. The molecule has 1 aliphatic rings. The minimum atomic E-state index is -3.70. The molecule has 0 bridgehead atoms. The molecule has 7 heteroatoms. The fraction of sp³-hybridized carbons (Fsp3) is 0.500. The lowest BCUT2D eigenvalue weighted by molar-refractivity contribution is 0.266. The SMILES string of the molecule is O=S1(=O)N(CCCO)CCCN1c1ccccc1F. The largest absolute Gasteiger partial charge is 0.396 e. The molecule has 1 heterocycles. The van der Waals surface area contributed by atoms with E-state index in [1.54, 1.807) is 6.07 Å². The zero-order valence-corrected chi connectivity index (χ0v) is 11.3. The number of rotatable bonds is 4. The average molecular weight is 288 g/mol. The molecule has 0 unspecified atom stereocenters. The van der Waals surface area contributed by atoms with Crippen LogP contribution in [0.1, 0.15) is 12.8 Å². The maximum atomic E-state index is 13.7. The first-order valence-electron chi connectivity index (χ1n) is 6.20. The van der Waals surface area contributed by atoms with E-state index in [1.165, 1.54) is 22.5 Å². The minimum Gasteiger partial charge on any atom is -0.396 e. The van der Waals surface area contributed by atoms with E-state index in [2.05, 4.69) is 0 Å². The van der Waals surface area contributed by atoms with Crippen molar-refractivity contribution in [1.29, 1.82) is 0 Å². The summed E-state index contributed by atoms with van der Waals surface area (Å²) >= 11 is 0. The van der Waals surface area contributed by atoms with E-state index < -0.39 is 16.0 Å². The number of aliphatic hydroxyl groups is 1. The van der Waals surface area contributed by atoms with E-state index in [0.29, 0.717) is 19.4 Å². The van der Waals surface area contributed by atoms with E-state index in [9.17, 15) is 12.8 Å². The maximum absolute atomic E-state index is 13.7. The quantitative estimate of drug-likeness (QED) is 0.898. The Bertz CT molecular complexity index is 536. The highest BCUT2D eigenvalue weighted by Gasteiger charge is 2.34. The molecule has 1 saturated heterocycles. The van der Waals surface area contributed by atoms with Gasteiger partial charge in [-0.2, -0.15) is 12.7 Å². The molecule has 1 aliphatic heterocycles. The van der Waals surface area contributed by atoms with Crippen molar-refractivity contribution in [3.05, 3.63) is 30.1 Å². The third-order valence-corrected chi connectivity index (χ3v) is 5.01. The zero-order valence-electron chi connectivity index (χ0n) is 10.5. The molecule has 0 amide bonds. The average Bonchev–Trinajstić information content (AvgIpc) is 2.38. The number of aliphatic hydroxyl groups excluding tert-OH is 1. The molecule has 1 aromatic carbocycles. The Morgan fingerprint density at radius 1 is 1.26 bits per heavy atom. The molecule has 106 valence electrons. The number of benzene rings is 1. The van der Waals surface area contributed by atoms with Crippen molar-refractivity contribution in [3.63, 3.8) is 0 Å². The molecule has 0 spiro atoms. The van der Waals surface area contributed by atoms with Crippen LogP contribution in [0.2, 0.25) is 0 Å². The summed E-state index contributed by atoms with van der Waals surface area (Å²) in [6, 6.07) is 5.85. The molecular formula is C12H17FN2O3S. The summed E-state index contributed by atoms with van der Waals surface area (Å²) in [6.45, 7) is 0.877. The van der Waals surface area contributed by atoms with E-state index >= 15 is 0 Å². The second kappa shape index (κ2) is 5.85. The highest BCUT2D eigenvalue weighted by molar-refractivity contribution is 7.90. The van der Waals surface area contributed by atoms with Gasteiger partial charge in [0, 0.05) is 26.2 Å². The third-order valence-electron chi connectivity index (χ3n) is 3.06. The summed E-state index contributed by atoms with van der Waals surface area (Å²) in [5.74, 6) is -0.546. The van der Waals surface area contributed by atoms with E-state index in [-0.39, 0.29) is 25.4 Å². The smallest absolute Gasteiger partial charge is 0.304 e. The number of hydrogen-bond donors (Lipinski definition) is 1. The molecule has 19 heavy (non-hydrogen) atoms. The summed E-state index contributed by atoms with van der Waals surface area (Å²) in [7, 11) is -3.70. The van der Waals surface area contributed by atoms with Crippen LogP contribution in [-0.2, 0) is 10.2 Å². The lowest BCUT2D eigenvalue weighted by Crippen LogP contribution is -2.50. The van der Waals surface area contributed by atoms with Gasteiger partial charge >= 0.3 is 10.2 Å². The molecule has 0 aromatic heterocycles. The number of nitrogens with zero attached hydrogens (tertiary/aromatic N) is 2. The molecule has 2 rings (SSSR count). The van der Waals surface area contributed by atoms with Crippen LogP contribution in [0.4, 0.5) is 10.1 Å². The van der Waals surface area contributed by atoms with Crippen LogP contribution < -0.4 is 4.31 Å². The molecule has 0 aliphatic carbocycles. The summed E-state index contributed by atoms with van der Waals surface area (Å²) in [4.78, 5) is 0. The third kappa shape index (κ3) is 2.88. The van der Waals surface area contributed by atoms with Crippen LogP contribution >= 0.6 is 0 Å². The Morgan fingerprint density at radius 3 is 2.68 bits per heavy atom. The lowest BCUT2D eigenvalue weighted by atomic mass is 10.3. The van der Waals surface area contributed by atoms with Crippen LogP contribution in [0.25, 0.3) is 0 Å². The highest BCUT2D eigenvalue weighted by Crippen LogP contribution is 2.26. The topological polar surface area (TPSA) is 60.9 Å². The molecular weight excluding hydrogens is 271 g/mol. The van der Waals surface area contributed by atoms with Crippen LogP contribution in [0.5, 0.6) is 0 Å². The molecule has 0 radical (unpaired) electrons. The van der Waals surface area contributed by atoms with Crippen molar-refractivity contribution in [1.82, 2.24) is 4.31 Å². The van der Waals surface area contributed by atoms with E-state index in [4.69, 9.17) is 5.11 Å². The van der Waals surface area contributed by atoms with Crippen LogP contribution in [-0.4, -0.2) is 44.1 Å². The summed E-state index contributed by atoms with van der Waals surface area (Å²) in [6.07, 6.45) is 1.02. The second-order valence-corrected chi connectivity index (χ2v) is 6.21. The van der Waals surface area contributed by atoms with Crippen LogP contribution in [0.3, 0.4) is 0 Å². The standard InChI is InChI=1S/C12H17FN2O3S/c13-11-5-1-2-6-12(11)15-9-3-7-14(8-4-10-16)19(15,17)18/h1-2,5-6,16H,3-4,7-10H2. The molecule has 0 atom stereocenters. The van der Waals surface area contributed by atoms with Gasteiger partial charge in [0.25, 0.3) is 0 Å². The second-order valence-electron chi connectivity index (χ2n) is 4.36. The molecule has 0 saturated carbocycles. The fourth-order valence-corrected chi connectivity index (χ4v) is 3.89. The highest BCUT2D eigenvalue weighted by atomic mass is 32.2. The minimum absolute atomic E-state index is 0.0638. The van der Waals surface area contributed by atoms with Crippen molar-refractivity contribution in [2.75, 3.05) is 30.5 Å². The number of halogens is 1. The first-order valence-corrected chi connectivity index (χ1v) is 7.60. The number of anilines is 1. The predicted molar refractivity (Wildman–Crippen MR) is 70.6 cm³/mol. The van der Waals surface area contributed by atoms with Gasteiger partial charge in [-0.05, 0) is 25.0 Å². The van der Waals surface area contributed by atoms with Gasteiger partial charge in [-0.3, -0.25) is 4.31 Å². The summed E-state index contributed by atoms with van der Waals surface area (Å²) < 4.78 is 40.9. The van der Waals surface area contributed by atoms with Gasteiger partial charge in [-0.1, -0.05) is 12.1 Å². The maximum Gasteiger partial charge on any atom is 0.304 e. The number of para-hydroxylation sites is 1. The normalized spacial score (nSPS) is 19.6. The van der Waals surface area contributed by atoms with Crippen LogP contribution in [0, 0.1) is 5.82 Å². The van der Waals surface area contributed by atoms with Gasteiger partial charge in [-0.15, -0.1) is 0 Å². The van der Waals surface area contributed by atoms with Crippen molar-refractivity contribution in [3.8, 4) is 0 Å². The first kappa shape index (κ1) is 14.2. The van der Waals surface area contributed by atoms with Gasteiger partial charge in [0.15, 0.2) is 0 Å². The van der Waals surface area contributed by atoms with Crippen molar-refractivity contribution in [2.45, 2.75) is 12.8 Å². The van der Waals surface area contributed by atoms with Crippen LogP contribution in [0.15, 0.2) is 24.3 Å². The molecule has 1 fully saturated rings. The Hall–Kier alpha value is -1.18. The van der Waals surface area contributed by atoms with Crippen molar-refractivity contribution < 1.29 is 17.9 Å². The van der Waals surface area contributed by atoms with Gasteiger partial charge in [0.05, 0.1) is 5.69 Å². The zero-order chi connectivity index (χ0) is 13.9. The summed E-state index contributed by atoms with van der Waals surface area (Å²) in [5, 5.41) is 8.80. The van der Waals surface area contributed by atoms with Gasteiger partial charge in [-0.25, -0.2) is 4.39 Å². The Balaban J connectivity index is 2.29. The molecule has 1 aromatic rings. The Labute approximate surface area is 112 Å². The summed E-state index contributed by atoms with van der Waals surface area (Å²) in [5.41, 5.74) is 0.0798. The number of hydrogen-bond acceptors (Lipinski definition) is 3. The Kier molecular flexibility index (Phi) is 4.38. The van der Waals surface area contributed by atoms with Crippen molar-refractivity contribution >= 4 is 15.9 Å². The fourth-order valence-electron chi connectivity index (χ4n) is 2.13. The molecule has 1 N–H and O–H groups in total.